The van der Waals surface area contributed by atoms with Gasteiger partial charge in [0.15, 0.2) is 0 Å². The number of primary amides is 1. The molecule has 7 nitrogen and oxygen atoms in total. The number of amides is 1. The maximum absolute atomic E-state index is 11.0. The monoisotopic (exact) mass is 310 g/mol. The fourth-order valence-corrected chi connectivity index (χ4v) is 2.38. The van der Waals surface area contributed by atoms with Gasteiger partial charge in [-0.25, -0.2) is 9.97 Å². The fourth-order valence-electron chi connectivity index (χ4n) is 2.38. The summed E-state index contributed by atoms with van der Waals surface area (Å²) in [6, 6.07) is 9.55. The second-order valence-electron chi connectivity index (χ2n) is 5.11. The van der Waals surface area contributed by atoms with E-state index in [2.05, 4.69) is 16.0 Å². The van der Waals surface area contributed by atoms with Crippen molar-refractivity contribution in [2.24, 2.45) is 5.73 Å². The summed E-state index contributed by atoms with van der Waals surface area (Å²) < 4.78 is 10.8. The zero-order valence-electron chi connectivity index (χ0n) is 12.2. The third kappa shape index (κ3) is 3.27. The van der Waals surface area contributed by atoms with Gasteiger partial charge in [0.1, 0.15) is 12.2 Å². The molecular formula is C16H14N4O3. The summed E-state index contributed by atoms with van der Waals surface area (Å²) in [4.78, 5) is 19.3. The predicted molar refractivity (Wildman–Crippen MR) is 80.2 cm³/mol. The minimum absolute atomic E-state index is 0.196. The van der Waals surface area contributed by atoms with Crippen molar-refractivity contribution in [3.05, 3.63) is 42.2 Å². The Kier molecular flexibility index (Phi) is 4.17. The van der Waals surface area contributed by atoms with Crippen molar-refractivity contribution < 1.29 is 14.3 Å². The molecule has 0 spiro atoms. The van der Waals surface area contributed by atoms with Gasteiger partial charge in [0.25, 0.3) is 0 Å². The van der Waals surface area contributed by atoms with Crippen molar-refractivity contribution >= 4 is 5.91 Å². The summed E-state index contributed by atoms with van der Waals surface area (Å²) in [6.45, 7) is 0.274. The number of nitrogens with two attached hydrogens (primary N) is 1. The molecule has 2 atom stereocenters. The molecular weight excluding hydrogens is 296 g/mol. The van der Waals surface area contributed by atoms with Gasteiger partial charge in [0.2, 0.25) is 5.91 Å². The van der Waals surface area contributed by atoms with Crippen molar-refractivity contribution in [1.82, 2.24) is 9.97 Å². The van der Waals surface area contributed by atoms with Crippen LogP contribution in [0.2, 0.25) is 0 Å². The Labute approximate surface area is 132 Å². The van der Waals surface area contributed by atoms with Crippen molar-refractivity contribution in [2.75, 3.05) is 6.61 Å². The molecule has 2 aromatic rings. The van der Waals surface area contributed by atoms with Crippen molar-refractivity contribution in [3.63, 3.8) is 0 Å². The maximum Gasteiger partial charge on any atom is 0.316 e. The zero-order valence-corrected chi connectivity index (χ0v) is 12.2. The van der Waals surface area contributed by atoms with Gasteiger partial charge in [-0.3, -0.25) is 4.79 Å². The molecule has 1 saturated heterocycles. The molecule has 1 aromatic carbocycles. The van der Waals surface area contributed by atoms with Crippen LogP contribution in [0.25, 0.3) is 11.1 Å². The van der Waals surface area contributed by atoms with Crippen LogP contribution in [0.1, 0.15) is 12.0 Å². The first-order chi connectivity index (χ1) is 11.2. The third-order valence-electron chi connectivity index (χ3n) is 3.54. The number of rotatable bonds is 4. The SMILES string of the molecule is N#Cc1ccccc1-c1cnc(OC2COC(C(N)=O)C2)nc1. The van der Waals surface area contributed by atoms with Crippen LogP contribution in [-0.2, 0) is 9.53 Å². The first kappa shape index (κ1) is 14.9. The largest absolute Gasteiger partial charge is 0.458 e. The van der Waals surface area contributed by atoms with Crippen LogP contribution in [0.15, 0.2) is 36.7 Å². The minimum atomic E-state index is -0.623. The Morgan fingerprint density at radius 1 is 1.35 bits per heavy atom. The van der Waals surface area contributed by atoms with E-state index in [1.165, 1.54) is 0 Å². The van der Waals surface area contributed by atoms with Crippen LogP contribution < -0.4 is 10.5 Å². The number of nitrogens with zero attached hydrogens (tertiary/aromatic N) is 3. The second kappa shape index (κ2) is 6.42. The second-order valence-corrected chi connectivity index (χ2v) is 5.11. The molecule has 7 heteroatoms. The van der Waals surface area contributed by atoms with Gasteiger partial charge in [0, 0.05) is 29.9 Å². The molecule has 1 aromatic heterocycles. The predicted octanol–water partition coefficient (Wildman–Crippen LogP) is 1.04. The normalized spacial score (nSPS) is 20.0. The zero-order chi connectivity index (χ0) is 16.2. The molecule has 1 aliphatic rings. The van der Waals surface area contributed by atoms with Crippen LogP contribution in [0.5, 0.6) is 6.01 Å². The molecule has 116 valence electrons. The van der Waals surface area contributed by atoms with E-state index >= 15 is 0 Å². The number of ether oxygens (including phenoxy) is 2. The molecule has 1 amide bonds. The first-order valence-electron chi connectivity index (χ1n) is 7.06. The van der Waals surface area contributed by atoms with Gasteiger partial charge >= 0.3 is 6.01 Å². The summed E-state index contributed by atoms with van der Waals surface area (Å²) in [5.74, 6) is -0.500. The highest BCUT2D eigenvalue weighted by atomic mass is 16.6. The highest BCUT2D eigenvalue weighted by Crippen LogP contribution is 2.23. The summed E-state index contributed by atoms with van der Waals surface area (Å²) in [6.07, 6.45) is 2.66. The van der Waals surface area contributed by atoms with E-state index in [1.54, 1.807) is 24.5 Å². The van der Waals surface area contributed by atoms with Gasteiger partial charge in [-0.1, -0.05) is 18.2 Å². The van der Waals surface area contributed by atoms with Gasteiger partial charge < -0.3 is 15.2 Å². The molecule has 0 radical (unpaired) electrons. The first-order valence-corrected chi connectivity index (χ1v) is 7.06. The van der Waals surface area contributed by atoms with Crippen molar-refractivity contribution in [2.45, 2.75) is 18.6 Å². The van der Waals surface area contributed by atoms with E-state index < -0.39 is 12.0 Å². The van der Waals surface area contributed by atoms with E-state index in [4.69, 9.17) is 20.5 Å². The lowest BCUT2D eigenvalue weighted by atomic mass is 10.0. The van der Waals surface area contributed by atoms with E-state index in [9.17, 15) is 4.79 Å². The van der Waals surface area contributed by atoms with Crippen LogP contribution >= 0.6 is 0 Å². The summed E-state index contributed by atoms with van der Waals surface area (Å²) in [5, 5.41) is 9.13. The topological polar surface area (TPSA) is 111 Å². The van der Waals surface area contributed by atoms with Gasteiger partial charge in [-0.05, 0) is 6.07 Å². The number of nitriles is 1. The molecule has 2 heterocycles. The quantitative estimate of drug-likeness (QED) is 0.903. The van der Waals surface area contributed by atoms with Gasteiger partial charge in [-0.15, -0.1) is 0 Å². The highest BCUT2D eigenvalue weighted by molar-refractivity contribution is 5.79. The number of hydrogen-bond donors (Lipinski definition) is 1. The minimum Gasteiger partial charge on any atom is -0.458 e. The number of hydrogen-bond acceptors (Lipinski definition) is 6. The average molecular weight is 310 g/mol. The fraction of sp³-hybridized carbons (Fsp3) is 0.250. The Morgan fingerprint density at radius 3 is 2.74 bits per heavy atom. The standard InChI is InChI=1S/C16H14N4O3/c17-6-10-3-1-2-4-13(10)11-7-19-16(20-8-11)23-12-5-14(15(18)21)22-9-12/h1-4,7-8,12,14H,5,9H2,(H2,18,21). The highest BCUT2D eigenvalue weighted by Gasteiger charge is 2.31. The molecule has 1 aliphatic heterocycles. The molecule has 2 N–H and O–H groups in total. The van der Waals surface area contributed by atoms with Crippen LogP contribution in [0, 0.1) is 11.3 Å². The van der Waals surface area contributed by atoms with Gasteiger partial charge in [0.05, 0.1) is 18.2 Å². The third-order valence-corrected chi connectivity index (χ3v) is 3.54. The van der Waals surface area contributed by atoms with Crippen LogP contribution in [0.4, 0.5) is 0 Å². The lowest BCUT2D eigenvalue weighted by Gasteiger charge is -2.10. The lowest BCUT2D eigenvalue weighted by molar-refractivity contribution is -0.126. The van der Waals surface area contributed by atoms with E-state index in [0.717, 1.165) is 11.1 Å². The average Bonchev–Trinajstić information content (AvgIpc) is 3.04. The molecule has 0 saturated carbocycles. The van der Waals surface area contributed by atoms with E-state index in [1.807, 2.05) is 12.1 Å². The summed E-state index contributed by atoms with van der Waals surface area (Å²) in [7, 11) is 0. The summed E-state index contributed by atoms with van der Waals surface area (Å²) in [5.41, 5.74) is 7.23. The van der Waals surface area contributed by atoms with Crippen LogP contribution in [-0.4, -0.2) is 34.7 Å². The summed E-state index contributed by atoms with van der Waals surface area (Å²) >= 11 is 0. The number of carbonyl (C=O) groups excluding carboxylic acids is 1. The Morgan fingerprint density at radius 2 is 2.09 bits per heavy atom. The molecule has 0 bridgehead atoms. The number of aromatic nitrogens is 2. The van der Waals surface area contributed by atoms with E-state index in [0.29, 0.717) is 12.0 Å². The van der Waals surface area contributed by atoms with Gasteiger partial charge in [-0.2, -0.15) is 5.26 Å². The van der Waals surface area contributed by atoms with Crippen LogP contribution in [0.3, 0.4) is 0 Å². The molecule has 1 fully saturated rings. The van der Waals surface area contributed by atoms with Crippen molar-refractivity contribution in [1.29, 1.82) is 5.26 Å². The molecule has 3 rings (SSSR count). The maximum atomic E-state index is 11.0. The van der Waals surface area contributed by atoms with E-state index in [-0.39, 0.29) is 18.7 Å². The smallest absolute Gasteiger partial charge is 0.316 e. The number of carbonyl (C=O) groups is 1. The number of benzene rings is 1. The molecule has 0 aliphatic carbocycles. The Hall–Kier alpha value is -2.98. The lowest BCUT2D eigenvalue weighted by Crippen LogP contribution is -2.28. The molecule has 23 heavy (non-hydrogen) atoms. The Balaban J connectivity index is 1.71. The van der Waals surface area contributed by atoms with Crippen molar-refractivity contribution in [3.8, 4) is 23.2 Å². The molecule has 2 unspecified atom stereocenters. The Bertz CT molecular complexity index is 755.